The summed E-state index contributed by atoms with van der Waals surface area (Å²) < 4.78 is 5.49. The first-order valence-corrected chi connectivity index (χ1v) is 39.2. The first-order valence-electron chi connectivity index (χ1n) is 39.2. The Labute approximate surface area is 538 Å². The van der Waals surface area contributed by atoms with Crippen LogP contribution < -0.4 is 5.32 Å². The van der Waals surface area contributed by atoms with Crippen LogP contribution in [0.3, 0.4) is 0 Å². The first kappa shape index (κ1) is 84.1. The van der Waals surface area contributed by atoms with Gasteiger partial charge in [-0.2, -0.15) is 0 Å². The molecule has 0 fully saturated rings. The second-order valence-corrected chi connectivity index (χ2v) is 27.0. The van der Waals surface area contributed by atoms with E-state index in [-0.39, 0.29) is 18.5 Å². The van der Waals surface area contributed by atoms with Gasteiger partial charge < -0.3 is 20.3 Å². The summed E-state index contributed by atoms with van der Waals surface area (Å²) in [4.78, 5) is 24.6. The Hall–Kier alpha value is -1.92. The van der Waals surface area contributed by atoms with E-state index >= 15 is 0 Å². The van der Waals surface area contributed by atoms with Crippen molar-refractivity contribution < 1.29 is 24.5 Å². The minimum atomic E-state index is -0.665. The van der Waals surface area contributed by atoms with Gasteiger partial charge in [0.15, 0.2) is 0 Å². The van der Waals surface area contributed by atoms with E-state index in [0.717, 1.165) is 51.4 Å². The lowest BCUT2D eigenvalue weighted by Gasteiger charge is -2.22. The number of rotatable bonds is 74. The molecule has 0 aliphatic carbocycles. The monoisotopic (exact) mass is 1210 g/mol. The molecule has 3 N–H and O–H groups in total. The number of carbonyl (C=O) groups is 2. The van der Waals surface area contributed by atoms with Gasteiger partial charge in [-0.1, -0.05) is 378 Å². The molecule has 1 amide bonds. The Bertz CT molecular complexity index is 1390. The Balaban J connectivity index is 3.37. The predicted octanol–water partition coefficient (Wildman–Crippen LogP) is 25.8. The number of carbonyl (C=O) groups excluding carboxylic acids is 2. The van der Waals surface area contributed by atoms with Crippen LogP contribution >= 0.6 is 0 Å². The van der Waals surface area contributed by atoms with Crippen LogP contribution in [-0.4, -0.2) is 47.4 Å². The van der Waals surface area contributed by atoms with Crippen LogP contribution in [0, 0.1) is 0 Å². The molecule has 2 atom stereocenters. The molecule has 0 radical (unpaired) electrons. The number of nitrogens with one attached hydrogen (secondary N) is 1. The molecular weight excluding hydrogens is 1050 g/mol. The van der Waals surface area contributed by atoms with E-state index in [1.165, 1.54) is 353 Å². The summed E-state index contributed by atoms with van der Waals surface area (Å²) in [6.45, 7) is 4.97. The highest BCUT2D eigenvalue weighted by Gasteiger charge is 2.20. The summed E-state index contributed by atoms with van der Waals surface area (Å²) in [5.41, 5.74) is 0. The molecule has 0 rings (SSSR count). The van der Waals surface area contributed by atoms with Crippen molar-refractivity contribution in [3.63, 3.8) is 0 Å². The quantitative estimate of drug-likeness (QED) is 0.0320. The number of unbranched alkanes of at least 4 members (excludes halogenated alkanes) is 57. The standard InChI is InChI=1S/C80H153NO5/c1-3-5-7-9-11-13-15-17-19-20-21-22-32-35-38-41-45-48-52-56-60-64-68-72-78(83)77(76-82)81-79(84)73-69-65-61-57-53-49-46-42-39-36-33-30-28-26-24-23-25-27-29-31-34-37-40-43-47-51-55-59-63-67-71-75-86-80(85)74-70-66-62-58-54-50-44-18-16-14-12-10-8-6-4-2/h12,14,18,25,27,44,77-78,82-83H,3-11,13,15-17,19-24,26,28-43,45-76H2,1-2H3,(H,81,84)/b14-12-,27-25-,44-18-. The number of ether oxygens (including phenoxy) is 1. The van der Waals surface area contributed by atoms with Gasteiger partial charge in [-0.15, -0.1) is 0 Å². The minimum Gasteiger partial charge on any atom is -0.466 e. The molecule has 0 spiro atoms. The van der Waals surface area contributed by atoms with E-state index in [9.17, 15) is 19.8 Å². The van der Waals surface area contributed by atoms with Crippen LogP contribution in [0.1, 0.15) is 438 Å². The molecule has 2 unspecified atom stereocenters. The van der Waals surface area contributed by atoms with Crippen LogP contribution in [0.25, 0.3) is 0 Å². The molecule has 0 aromatic heterocycles. The van der Waals surface area contributed by atoms with Crippen LogP contribution in [0.5, 0.6) is 0 Å². The molecule has 0 saturated carbocycles. The number of aliphatic hydroxyl groups excluding tert-OH is 2. The summed E-state index contributed by atoms with van der Waals surface area (Å²) in [5, 5.41) is 23.5. The Morgan fingerprint density at radius 2 is 0.581 bits per heavy atom. The molecule has 6 nitrogen and oxygen atoms in total. The topological polar surface area (TPSA) is 95.9 Å². The molecular formula is C80H153NO5. The van der Waals surface area contributed by atoms with E-state index in [2.05, 4.69) is 55.6 Å². The molecule has 0 aromatic rings. The zero-order chi connectivity index (χ0) is 62.0. The number of allylic oxidation sites excluding steroid dienone is 6. The minimum absolute atomic E-state index is 0.00434. The van der Waals surface area contributed by atoms with Gasteiger partial charge in [0.25, 0.3) is 0 Å². The number of amides is 1. The Morgan fingerprint density at radius 3 is 0.919 bits per heavy atom. The molecule has 0 heterocycles. The average molecular weight is 1210 g/mol. The Morgan fingerprint density at radius 1 is 0.326 bits per heavy atom. The number of aliphatic hydroxyl groups is 2. The molecule has 0 aliphatic rings. The fourth-order valence-electron chi connectivity index (χ4n) is 12.4. The van der Waals surface area contributed by atoms with E-state index in [0.29, 0.717) is 25.9 Å². The van der Waals surface area contributed by atoms with Crippen molar-refractivity contribution in [3.05, 3.63) is 36.5 Å². The van der Waals surface area contributed by atoms with Gasteiger partial charge >= 0.3 is 5.97 Å². The highest BCUT2D eigenvalue weighted by molar-refractivity contribution is 5.76. The van der Waals surface area contributed by atoms with Crippen molar-refractivity contribution in [1.29, 1.82) is 0 Å². The smallest absolute Gasteiger partial charge is 0.305 e. The maximum atomic E-state index is 12.6. The highest BCUT2D eigenvalue weighted by Crippen LogP contribution is 2.20. The molecule has 6 heteroatoms. The van der Waals surface area contributed by atoms with E-state index in [1.807, 2.05) is 0 Å². The van der Waals surface area contributed by atoms with Crippen molar-refractivity contribution in [2.75, 3.05) is 13.2 Å². The maximum Gasteiger partial charge on any atom is 0.305 e. The number of hydrogen-bond acceptors (Lipinski definition) is 5. The summed E-state index contributed by atoms with van der Waals surface area (Å²) in [5.74, 6) is -0.0234. The third-order valence-corrected chi connectivity index (χ3v) is 18.4. The summed E-state index contributed by atoms with van der Waals surface area (Å²) in [7, 11) is 0. The van der Waals surface area contributed by atoms with E-state index in [1.54, 1.807) is 0 Å². The summed E-state index contributed by atoms with van der Waals surface area (Å²) in [6, 6.07) is -0.541. The van der Waals surface area contributed by atoms with Crippen molar-refractivity contribution in [2.24, 2.45) is 0 Å². The van der Waals surface area contributed by atoms with Gasteiger partial charge in [-0.3, -0.25) is 9.59 Å². The van der Waals surface area contributed by atoms with Crippen molar-refractivity contribution in [1.82, 2.24) is 5.32 Å². The van der Waals surface area contributed by atoms with Crippen LogP contribution in [0.15, 0.2) is 36.5 Å². The van der Waals surface area contributed by atoms with Gasteiger partial charge in [-0.05, 0) is 83.5 Å². The van der Waals surface area contributed by atoms with Crippen molar-refractivity contribution in [2.45, 2.75) is 450 Å². The van der Waals surface area contributed by atoms with E-state index < -0.39 is 12.1 Å². The lowest BCUT2D eigenvalue weighted by molar-refractivity contribution is -0.143. The van der Waals surface area contributed by atoms with Gasteiger partial charge in [0.05, 0.1) is 25.4 Å². The molecule has 0 saturated heterocycles. The maximum absolute atomic E-state index is 12.6. The summed E-state index contributed by atoms with van der Waals surface area (Å²) >= 11 is 0. The lowest BCUT2D eigenvalue weighted by Crippen LogP contribution is -2.45. The Kier molecular flexibility index (Phi) is 73.9. The predicted molar refractivity (Wildman–Crippen MR) is 379 cm³/mol. The van der Waals surface area contributed by atoms with Crippen LogP contribution in [0.4, 0.5) is 0 Å². The van der Waals surface area contributed by atoms with Gasteiger partial charge in [0.2, 0.25) is 5.91 Å². The van der Waals surface area contributed by atoms with Crippen molar-refractivity contribution in [3.8, 4) is 0 Å². The number of esters is 1. The zero-order valence-electron chi connectivity index (χ0n) is 58.3. The summed E-state index contributed by atoms with van der Waals surface area (Å²) in [6.07, 6.45) is 98.0. The SMILES string of the molecule is CCCCC/C=C\C/C=C\CCCCCCCC(=O)OCCCCCCCCCCCCCC/C=C\CCCCCCCCCCCCCCCCCC(=O)NC(CO)C(O)CCCCCCCCCCCCCCCCCCCCCCCCC. The van der Waals surface area contributed by atoms with Gasteiger partial charge in [-0.25, -0.2) is 0 Å². The van der Waals surface area contributed by atoms with Crippen LogP contribution in [0.2, 0.25) is 0 Å². The second-order valence-electron chi connectivity index (χ2n) is 27.0. The molecule has 508 valence electrons. The third-order valence-electron chi connectivity index (χ3n) is 18.4. The van der Waals surface area contributed by atoms with Crippen molar-refractivity contribution >= 4 is 11.9 Å². The second kappa shape index (κ2) is 75.5. The average Bonchev–Trinajstić information content (AvgIpc) is 3.54. The fraction of sp³-hybridized carbons (Fsp3) is 0.900. The molecule has 0 bridgehead atoms. The van der Waals surface area contributed by atoms with Gasteiger partial charge in [0, 0.05) is 12.8 Å². The zero-order valence-corrected chi connectivity index (χ0v) is 58.3. The fourth-order valence-corrected chi connectivity index (χ4v) is 12.4. The van der Waals surface area contributed by atoms with Gasteiger partial charge in [0.1, 0.15) is 0 Å². The molecule has 0 aromatic carbocycles. The first-order chi connectivity index (χ1) is 42.5. The highest BCUT2D eigenvalue weighted by atomic mass is 16.5. The third kappa shape index (κ3) is 71.2. The number of hydrogen-bond donors (Lipinski definition) is 3. The van der Waals surface area contributed by atoms with E-state index in [4.69, 9.17) is 4.74 Å². The van der Waals surface area contributed by atoms with Crippen LogP contribution in [-0.2, 0) is 14.3 Å². The largest absolute Gasteiger partial charge is 0.466 e. The molecule has 86 heavy (non-hydrogen) atoms. The molecule has 0 aliphatic heterocycles. The lowest BCUT2D eigenvalue weighted by atomic mass is 10.0. The normalized spacial score (nSPS) is 12.7.